The number of phosphoric acid groups is 1. The zero-order valence-corrected chi connectivity index (χ0v) is 11.6. The van der Waals surface area contributed by atoms with E-state index in [0.29, 0.717) is 22.3 Å². The van der Waals surface area contributed by atoms with Crippen LogP contribution in [-0.2, 0) is 9.09 Å². The van der Waals surface area contributed by atoms with E-state index in [1.54, 1.807) is 24.3 Å². The van der Waals surface area contributed by atoms with E-state index in [-0.39, 0.29) is 0 Å². The van der Waals surface area contributed by atoms with Gasteiger partial charge in [-0.25, -0.2) is 0 Å². The number of hydrogen-bond acceptors (Lipinski definition) is 4. The van der Waals surface area contributed by atoms with Crippen LogP contribution in [0.5, 0.6) is 0 Å². The van der Waals surface area contributed by atoms with E-state index in [4.69, 9.17) is 15.2 Å². The molecule has 0 fully saturated rings. The molecule has 0 heterocycles. The van der Waals surface area contributed by atoms with Gasteiger partial charge in [0.15, 0.2) is 0 Å². The third-order valence-corrected chi connectivity index (χ3v) is 2.80. The Labute approximate surface area is 107 Å². The second-order valence-electron chi connectivity index (χ2n) is 5.20. The predicted octanol–water partition coefficient (Wildman–Crippen LogP) is 0.493. The first kappa shape index (κ1) is 15.1. The minimum Gasteiger partial charge on any atom is -0.756 e. The van der Waals surface area contributed by atoms with Crippen molar-refractivity contribution < 1.29 is 23.4 Å². The minimum atomic E-state index is -4.78. The lowest BCUT2D eigenvalue weighted by Gasteiger charge is -2.31. The summed E-state index contributed by atoms with van der Waals surface area (Å²) in [6, 6.07) is 6.69. The molecule has 0 amide bonds. The molecule has 18 heavy (non-hydrogen) atoms. The second kappa shape index (κ2) is 5.38. The molecule has 2 atom stereocenters. The molecule has 0 aliphatic carbocycles. The molecule has 1 aromatic carbocycles. The number of nitrogens with zero attached hydrogens (tertiary/aromatic N) is 1. The van der Waals surface area contributed by atoms with Crippen LogP contribution in [0, 0.1) is 0 Å². The molecule has 102 valence electrons. The fraction of sp³-hybridized carbons (Fsp3) is 0.455. The maximum atomic E-state index is 10.9. The highest BCUT2D eigenvalue weighted by molar-refractivity contribution is 7.44. The molecule has 3 N–H and O–H groups in total. The molecule has 7 heteroatoms. The molecule has 0 aliphatic rings. The van der Waals surface area contributed by atoms with Crippen molar-refractivity contribution in [1.82, 2.24) is 0 Å². The Morgan fingerprint density at radius 3 is 2.28 bits per heavy atom. The number of hydrogen-bond donors (Lipinski definition) is 2. The number of quaternary nitrogens is 1. The number of likely N-dealkylation sites (N-methyl/N-ethyl adjacent to an activating group) is 1. The number of phosphoric ester groups is 1. The standard InChI is InChI=1S/C11H19N2O4P/c1-13(2,3)8-11(17-18(14,15)16)9-4-6-10(12)7-5-9/h4-7,11H,8,12H2,1-3H3,(H-,14,15,16). The molecule has 0 bridgehead atoms. The molecule has 1 rings (SSSR count). The van der Waals surface area contributed by atoms with E-state index >= 15 is 0 Å². The lowest BCUT2D eigenvalue weighted by atomic mass is 10.1. The average molecular weight is 274 g/mol. The van der Waals surface area contributed by atoms with Crippen LogP contribution < -0.4 is 10.6 Å². The SMILES string of the molecule is C[N+](C)(C)CC(OP(=O)([O-])O)c1ccc(N)cc1. The maximum Gasteiger partial charge on any atom is 0.266 e. The molecule has 2 unspecified atom stereocenters. The summed E-state index contributed by atoms with van der Waals surface area (Å²) in [6.07, 6.45) is -0.737. The van der Waals surface area contributed by atoms with Crippen molar-refractivity contribution in [3.05, 3.63) is 29.8 Å². The molecule has 0 saturated heterocycles. The Hall–Kier alpha value is -0.910. The van der Waals surface area contributed by atoms with Crippen molar-refractivity contribution in [3.8, 4) is 0 Å². The van der Waals surface area contributed by atoms with Crippen LogP contribution in [0.2, 0.25) is 0 Å². The topological polar surface area (TPSA) is 95.6 Å². The van der Waals surface area contributed by atoms with Crippen molar-refractivity contribution in [2.75, 3.05) is 33.4 Å². The van der Waals surface area contributed by atoms with Gasteiger partial charge in [0.1, 0.15) is 12.6 Å². The van der Waals surface area contributed by atoms with E-state index in [0.717, 1.165) is 0 Å². The molecule has 1 aromatic rings. The van der Waals surface area contributed by atoms with Gasteiger partial charge in [-0.1, -0.05) is 12.1 Å². The summed E-state index contributed by atoms with van der Waals surface area (Å²) in [7, 11) is 0.934. The van der Waals surface area contributed by atoms with Gasteiger partial charge in [-0.2, -0.15) is 0 Å². The predicted molar refractivity (Wildman–Crippen MR) is 67.4 cm³/mol. The summed E-state index contributed by atoms with van der Waals surface area (Å²) in [5.74, 6) is 0. The van der Waals surface area contributed by atoms with Crippen LogP contribution in [0.15, 0.2) is 24.3 Å². The highest BCUT2D eigenvalue weighted by atomic mass is 31.2. The Morgan fingerprint density at radius 1 is 1.39 bits per heavy atom. The summed E-state index contributed by atoms with van der Waals surface area (Å²) in [5, 5.41) is 0. The van der Waals surface area contributed by atoms with Crippen LogP contribution >= 0.6 is 7.82 Å². The Bertz CT molecular complexity index is 435. The monoisotopic (exact) mass is 274 g/mol. The van der Waals surface area contributed by atoms with E-state index in [2.05, 4.69) is 0 Å². The molecular weight excluding hydrogens is 255 g/mol. The first-order valence-corrected chi connectivity index (χ1v) is 6.94. The first-order chi connectivity index (χ1) is 8.07. The van der Waals surface area contributed by atoms with Crippen LogP contribution in [0.4, 0.5) is 5.69 Å². The lowest BCUT2D eigenvalue weighted by molar-refractivity contribution is -0.874. The van der Waals surface area contributed by atoms with Crippen molar-refractivity contribution >= 4 is 13.5 Å². The normalized spacial score (nSPS) is 17.2. The van der Waals surface area contributed by atoms with Gasteiger partial charge < -0.3 is 24.5 Å². The summed E-state index contributed by atoms with van der Waals surface area (Å²) in [4.78, 5) is 19.7. The van der Waals surface area contributed by atoms with Crippen molar-refractivity contribution in [2.45, 2.75) is 6.10 Å². The van der Waals surface area contributed by atoms with Crippen molar-refractivity contribution in [1.29, 1.82) is 0 Å². The summed E-state index contributed by atoms with van der Waals surface area (Å²) < 4.78 is 16.1. The number of rotatable bonds is 5. The first-order valence-electron chi connectivity index (χ1n) is 5.45. The summed E-state index contributed by atoms with van der Waals surface area (Å²) in [5.41, 5.74) is 6.81. The lowest BCUT2D eigenvalue weighted by Crippen LogP contribution is -2.39. The molecule has 0 aliphatic heterocycles. The van der Waals surface area contributed by atoms with Gasteiger partial charge in [0.25, 0.3) is 7.82 Å². The Kier molecular flexibility index (Phi) is 4.53. The van der Waals surface area contributed by atoms with Gasteiger partial charge >= 0.3 is 0 Å². The van der Waals surface area contributed by atoms with Gasteiger partial charge in [0.05, 0.1) is 21.1 Å². The van der Waals surface area contributed by atoms with Gasteiger partial charge in [0, 0.05) is 5.69 Å². The molecule has 0 aromatic heterocycles. The van der Waals surface area contributed by atoms with E-state index < -0.39 is 13.9 Å². The van der Waals surface area contributed by atoms with Crippen LogP contribution in [-0.4, -0.2) is 37.1 Å². The molecule has 0 radical (unpaired) electrons. The third-order valence-electron chi connectivity index (χ3n) is 2.28. The Balaban J connectivity index is 2.96. The van der Waals surface area contributed by atoms with Gasteiger partial charge in [-0.3, -0.25) is 4.57 Å². The minimum absolute atomic E-state index is 0.400. The van der Waals surface area contributed by atoms with Crippen molar-refractivity contribution in [3.63, 3.8) is 0 Å². The zero-order chi connectivity index (χ0) is 14.0. The molecule has 0 saturated carbocycles. The summed E-state index contributed by atoms with van der Waals surface area (Å²) >= 11 is 0. The maximum absolute atomic E-state index is 10.9. The van der Waals surface area contributed by atoms with E-state index in [9.17, 15) is 9.46 Å². The number of anilines is 1. The fourth-order valence-electron chi connectivity index (χ4n) is 1.57. The zero-order valence-electron chi connectivity index (χ0n) is 10.7. The van der Waals surface area contributed by atoms with E-state index in [1.165, 1.54) is 0 Å². The van der Waals surface area contributed by atoms with E-state index in [1.807, 2.05) is 21.1 Å². The largest absolute Gasteiger partial charge is 0.756 e. The molecule has 0 spiro atoms. The highest BCUT2D eigenvalue weighted by Gasteiger charge is 2.24. The van der Waals surface area contributed by atoms with Crippen molar-refractivity contribution in [2.24, 2.45) is 0 Å². The van der Waals surface area contributed by atoms with Gasteiger partial charge in [-0.05, 0) is 17.7 Å². The average Bonchev–Trinajstić information content (AvgIpc) is 2.13. The number of nitrogens with two attached hydrogens (primary N) is 1. The fourth-order valence-corrected chi connectivity index (χ4v) is 2.08. The highest BCUT2D eigenvalue weighted by Crippen LogP contribution is 2.39. The third kappa shape index (κ3) is 5.62. The number of nitrogen functional groups attached to an aromatic ring is 1. The van der Waals surface area contributed by atoms with Crippen LogP contribution in [0.25, 0.3) is 0 Å². The molecular formula is C11H19N2O4P. The van der Waals surface area contributed by atoms with Gasteiger partial charge in [0.2, 0.25) is 0 Å². The van der Waals surface area contributed by atoms with Gasteiger partial charge in [-0.15, -0.1) is 0 Å². The van der Waals surface area contributed by atoms with Crippen LogP contribution in [0.1, 0.15) is 11.7 Å². The number of benzene rings is 1. The quantitative estimate of drug-likeness (QED) is 0.463. The second-order valence-corrected chi connectivity index (χ2v) is 6.35. The Morgan fingerprint density at radius 2 is 1.89 bits per heavy atom. The summed E-state index contributed by atoms with van der Waals surface area (Å²) in [6.45, 7) is 0.400. The van der Waals surface area contributed by atoms with Crippen LogP contribution in [0.3, 0.4) is 0 Å². The molecule has 6 nitrogen and oxygen atoms in total. The smallest absolute Gasteiger partial charge is 0.266 e.